The molecule has 2 fully saturated rings. The van der Waals surface area contributed by atoms with E-state index in [-0.39, 0.29) is 17.9 Å². The van der Waals surface area contributed by atoms with E-state index >= 15 is 0 Å². The summed E-state index contributed by atoms with van der Waals surface area (Å²) < 4.78 is 5.20. The smallest absolute Gasteiger partial charge is 0.245 e. The van der Waals surface area contributed by atoms with E-state index in [4.69, 9.17) is 4.74 Å². The van der Waals surface area contributed by atoms with E-state index in [0.717, 1.165) is 24.2 Å². The van der Waals surface area contributed by atoms with Crippen LogP contribution in [-0.2, 0) is 16.1 Å². The van der Waals surface area contributed by atoms with Crippen molar-refractivity contribution in [2.45, 2.75) is 82.8 Å². The standard InChI is InChI=1S/C22H32N2O3/c1-22(21(26)23-18-8-6-4-3-5-7-9-18)15-14-20(25)24(22)16-17-10-12-19(27-2)13-11-17/h10-13,18H,3-9,14-16H2,1-2H3,(H,23,26)/t22-/m1/s1. The Morgan fingerprint density at radius 1 is 1.15 bits per heavy atom. The summed E-state index contributed by atoms with van der Waals surface area (Å²) >= 11 is 0. The summed E-state index contributed by atoms with van der Waals surface area (Å²) in [7, 11) is 1.63. The Hall–Kier alpha value is -2.04. The fourth-order valence-electron chi connectivity index (χ4n) is 4.25. The van der Waals surface area contributed by atoms with Crippen LogP contribution in [0.5, 0.6) is 5.75 Å². The van der Waals surface area contributed by atoms with E-state index in [9.17, 15) is 9.59 Å². The largest absolute Gasteiger partial charge is 0.497 e. The number of ether oxygens (including phenoxy) is 1. The second-order valence-electron chi connectivity index (χ2n) is 8.12. The van der Waals surface area contributed by atoms with Crippen molar-refractivity contribution in [2.75, 3.05) is 7.11 Å². The molecule has 1 aromatic rings. The normalized spacial score (nSPS) is 24.4. The molecule has 1 heterocycles. The fraction of sp³-hybridized carbons (Fsp3) is 0.636. The minimum Gasteiger partial charge on any atom is -0.497 e. The van der Waals surface area contributed by atoms with Gasteiger partial charge in [0.25, 0.3) is 0 Å². The van der Waals surface area contributed by atoms with Crippen molar-refractivity contribution in [3.8, 4) is 5.75 Å². The van der Waals surface area contributed by atoms with Gasteiger partial charge in [-0.3, -0.25) is 9.59 Å². The maximum absolute atomic E-state index is 13.2. The summed E-state index contributed by atoms with van der Waals surface area (Å²) in [5, 5.41) is 3.27. The van der Waals surface area contributed by atoms with Gasteiger partial charge in [0.15, 0.2) is 0 Å². The molecule has 1 aliphatic carbocycles. The number of nitrogens with one attached hydrogen (secondary N) is 1. The highest BCUT2D eigenvalue weighted by molar-refractivity contribution is 5.94. The van der Waals surface area contributed by atoms with E-state index in [2.05, 4.69) is 5.32 Å². The van der Waals surface area contributed by atoms with Gasteiger partial charge in [0.2, 0.25) is 11.8 Å². The predicted molar refractivity (Wildman–Crippen MR) is 105 cm³/mol. The third-order valence-electron chi connectivity index (χ3n) is 6.15. The Balaban J connectivity index is 1.68. The van der Waals surface area contributed by atoms with Crippen LogP contribution in [0.25, 0.3) is 0 Å². The molecule has 2 aliphatic rings. The van der Waals surface area contributed by atoms with Crippen LogP contribution < -0.4 is 10.1 Å². The maximum Gasteiger partial charge on any atom is 0.245 e. The lowest BCUT2D eigenvalue weighted by Crippen LogP contribution is -2.56. The molecule has 1 saturated carbocycles. The second-order valence-corrected chi connectivity index (χ2v) is 8.12. The van der Waals surface area contributed by atoms with Crippen LogP contribution in [0.1, 0.15) is 70.3 Å². The van der Waals surface area contributed by atoms with Crippen LogP contribution in [0, 0.1) is 0 Å². The highest BCUT2D eigenvalue weighted by Crippen LogP contribution is 2.32. The third kappa shape index (κ3) is 4.63. The molecule has 0 aromatic heterocycles. The molecule has 0 spiro atoms. The minimum absolute atomic E-state index is 0.00688. The first-order valence-corrected chi connectivity index (χ1v) is 10.3. The Kier molecular flexibility index (Phi) is 6.40. The number of hydrogen-bond acceptors (Lipinski definition) is 3. The summed E-state index contributed by atoms with van der Waals surface area (Å²) in [5.74, 6) is 0.852. The number of rotatable bonds is 5. The molecular weight excluding hydrogens is 340 g/mol. The van der Waals surface area contributed by atoms with Gasteiger partial charge in [-0.05, 0) is 43.9 Å². The number of nitrogens with zero attached hydrogens (tertiary/aromatic N) is 1. The van der Waals surface area contributed by atoms with E-state index in [1.54, 1.807) is 12.0 Å². The molecular formula is C22H32N2O3. The average Bonchev–Trinajstić information content (AvgIpc) is 2.94. The number of methoxy groups -OCH3 is 1. The zero-order valence-corrected chi connectivity index (χ0v) is 16.6. The highest BCUT2D eigenvalue weighted by atomic mass is 16.5. The predicted octanol–water partition coefficient (Wildman–Crippen LogP) is 3.81. The molecule has 1 aliphatic heterocycles. The molecule has 1 N–H and O–H groups in total. The molecule has 0 radical (unpaired) electrons. The van der Waals surface area contributed by atoms with Crippen molar-refractivity contribution in [2.24, 2.45) is 0 Å². The lowest BCUT2D eigenvalue weighted by atomic mass is 9.93. The molecule has 0 unspecified atom stereocenters. The van der Waals surface area contributed by atoms with E-state index in [0.29, 0.717) is 19.4 Å². The van der Waals surface area contributed by atoms with Crippen LogP contribution in [-0.4, -0.2) is 35.4 Å². The van der Waals surface area contributed by atoms with E-state index in [1.807, 2.05) is 31.2 Å². The first-order valence-electron chi connectivity index (χ1n) is 10.3. The maximum atomic E-state index is 13.2. The van der Waals surface area contributed by atoms with Gasteiger partial charge in [-0.1, -0.05) is 44.2 Å². The molecule has 1 aromatic carbocycles. The van der Waals surface area contributed by atoms with Crippen LogP contribution in [0.3, 0.4) is 0 Å². The van der Waals surface area contributed by atoms with Gasteiger partial charge in [0.05, 0.1) is 7.11 Å². The van der Waals surface area contributed by atoms with E-state index in [1.165, 1.54) is 32.1 Å². The highest BCUT2D eigenvalue weighted by Gasteiger charge is 2.47. The number of likely N-dealkylation sites (tertiary alicyclic amines) is 1. The molecule has 1 saturated heterocycles. The van der Waals surface area contributed by atoms with Crippen molar-refractivity contribution in [3.63, 3.8) is 0 Å². The summed E-state index contributed by atoms with van der Waals surface area (Å²) in [6, 6.07) is 7.94. The third-order valence-corrected chi connectivity index (χ3v) is 6.15. The molecule has 5 nitrogen and oxygen atoms in total. The molecule has 2 amide bonds. The Morgan fingerprint density at radius 3 is 2.41 bits per heavy atom. The monoisotopic (exact) mass is 372 g/mol. The first kappa shape index (κ1) is 19.7. The van der Waals surface area contributed by atoms with Gasteiger partial charge in [-0.2, -0.15) is 0 Å². The number of carbonyl (C=O) groups is 2. The molecule has 3 rings (SSSR count). The Morgan fingerprint density at radius 2 is 1.78 bits per heavy atom. The Bertz CT molecular complexity index is 650. The van der Waals surface area contributed by atoms with Gasteiger partial charge in [-0.25, -0.2) is 0 Å². The summed E-state index contributed by atoms with van der Waals surface area (Å²) in [5.41, 5.74) is 0.246. The number of amides is 2. The zero-order valence-electron chi connectivity index (χ0n) is 16.6. The lowest BCUT2D eigenvalue weighted by Gasteiger charge is -2.35. The molecule has 0 bridgehead atoms. The quantitative estimate of drug-likeness (QED) is 0.855. The van der Waals surface area contributed by atoms with Crippen LogP contribution in [0.2, 0.25) is 0 Å². The number of hydrogen-bond donors (Lipinski definition) is 1. The van der Waals surface area contributed by atoms with Gasteiger partial charge in [0, 0.05) is 19.0 Å². The van der Waals surface area contributed by atoms with Crippen molar-refractivity contribution in [1.82, 2.24) is 10.2 Å². The Labute approximate surface area is 162 Å². The van der Waals surface area contributed by atoms with Gasteiger partial charge in [0.1, 0.15) is 11.3 Å². The average molecular weight is 373 g/mol. The van der Waals surface area contributed by atoms with Crippen molar-refractivity contribution in [3.05, 3.63) is 29.8 Å². The van der Waals surface area contributed by atoms with Crippen molar-refractivity contribution >= 4 is 11.8 Å². The van der Waals surface area contributed by atoms with Gasteiger partial charge in [-0.15, -0.1) is 0 Å². The second kappa shape index (κ2) is 8.77. The van der Waals surface area contributed by atoms with Crippen LogP contribution in [0.15, 0.2) is 24.3 Å². The van der Waals surface area contributed by atoms with Crippen molar-refractivity contribution in [1.29, 1.82) is 0 Å². The van der Waals surface area contributed by atoms with Crippen LogP contribution >= 0.6 is 0 Å². The summed E-state index contributed by atoms with van der Waals surface area (Å²) in [6.07, 6.45) is 9.29. The molecule has 1 atom stereocenters. The number of benzene rings is 1. The summed E-state index contributed by atoms with van der Waals surface area (Å²) in [6.45, 7) is 2.37. The minimum atomic E-state index is -0.765. The van der Waals surface area contributed by atoms with Crippen LogP contribution in [0.4, 0.5) is 0 Å². The molecule has 148 valence electrons. The zero-order chi connectivity index (χ0) is 19.3. The van der Waals surface area contributed by atoms with Gasteiger partial charge >= 0.3 is 0 Å². The summed E-state index contributed by atoms with van der Waals surface area (Å²) in [4.78, 5) is 27.4. The first-order chi connectivity index (χ1) is 13.0. The van der Waals surface area contributed by atoms with E-state index < -0.39 is 5.54 Å². The topological polar surface area (TPSA) is 58.6 Å². The molecule has 27 heavy (non-hydrogen) atoms. The number of carbonyl (C=O) groups excluding carboxylic acids is 2. The SMILES string of the molecule is COc1ccc(CN2C(=O)CC[C@]2(C)C(=O)NC2CCCCCCC2)cc1. The fourth-order valence-corrected chi connectivity index (χ4v) is 4.25. The van der Waals surface area contributed by atoms with Crippen molar-refractivity contribution < 1.29 is 14.3 Å². The van der Waals surface area contributed by atoms with Gasteiger partial charge < -0.3 is 15.0 Å². The lowest BCUT2D eigenvalue weighted by molar-refractivity contribution is -0.141. The molecule has 5 heteroatoms.